The maximum Gasteiger partial charge on any atom is 0.264 e. The summed E-state index contributed by atoms with van der Waals surface area (Å²) >= 11 is 0. The number of aliphatic hydroxyl groups excluding tert-OH is 2. The number of rotatable bonds is 5. The number of hydrogen-bond acceptors (Lipinski definition) is 7. The van der Waals surface area contributed by atoms with Crippen LogP contribution in [0.5, 0.6) is 0 Å². The highest BCUT2D eigenvalue weighted by atomic mass is 19.2. The number of aromatic nitrogens is 3. The average Bonchev–Trinajstić information content (AvgIpc) is 3.14. The third-order valence-corrected chi connectivity index (χ3v) is 4.26. The average molecular weight is 350 g/mol. The summed E-state index contributed by atoms with van der Waals surface area (Å²) < 4.78 is 21.0. The molecule has 1 aliphatic rings. The maximum atomic E-state index is 14.6. The molecule has 3 heterocycles. The van der Waals surface area contributed by atoms with E-state index in [0.29, 0.717) is 23.4 Å². The van der Waals surface area contributed by atoms with Crippen molar-refractivity contribution < 1.29 is 24.4 Å². The van der Waals surface area contributed by atoms with Crippen LogP contribution >= 0.6 is 0 Å². The Hall–Kier alpha value is -2.25. The minimum atomic E-state index is -2.89. The Morgan fingerprint density at radius 3 is 2.92 bits per heavy atom. The summed E-state index contributed by atoms with van der Waals surface area (Å²) in [6.45, 7) is 1.54. The predicted octanol–water partition coefficient (Wildman–Crippen LogP) is 0.165. The number of nitrogens with zero attached hydrogens (tertiary/aromatic N) is 3. The number of anilines is 1. The summed E-state index contributed by atoms with van der Waals surface area (Å²) in [5.74, 6) is -0.338. The van der Waals surface area contributed by atoms with E-state index >= 15 is 0 Å². The van der Waals surface area contributed by atoms with Crippen molar-refractivity contribution in [2.75, 3.05) is 18.5 Å². The van der Waals surface area contributed by atoms with Crippen LogP contribution in [0.3, 0.4) is 0 Å². The summed E-state index contributed by atoms with van der Waals surface area (Å²) in [5, 5.41) is 33.6. The van der Waals surface area contributed by atoms with Crippen molar-refractivity contribution in [2.24, 2.45) is 0 Å². The quantitative estimate of drug-likeness (QED) is 0.569. The SMILES string of the molecule is C#C[C@]1(O)[C@H](n2ccc3c(NCCC)ncnc32)O[C@](F)(CO)[C@H]1O. The Morgan fingerprint density at radius 1 is 1.52 bits per heavy atom. The molecule has 0 radical (unpaired) electrons. The lowest BCUT2D eigenvalue weighted by Gasteiger charge is -2.26. The van der Waals surface area contributed by atoms with E-state index in [1.54, 1.807) is 6.07 Å². The molecule has 2 aromatic rings. The van der Waals surface area contributed by atoms with Gasteiger partial charge in [0.25, 0.3) is 5.85 Å². The van der Waals surface area contributed by atoms with Crippen molar-refractivity contribution in [2.45, 2.75) is 37.1 Å². The minimum absolute atomic E-state index is 0.335. The minimum Gasteiger partial charge on any atom is -0.390 e. The van der Waals surface area contributed by atoms with Gasteiger partial charge in [0.05, 0.1) is 5.39 Å². The van der Waals surface area contributed by atoms with Gasteiger partial charge >= 0.3 is 0 Å². The summed E-state index contributed by atoms with van der Waals surface area (Å²) in [6, 6.07) is 1.66. The molecule has 4 N–H and O–H groups in total. The summed E-state index contributed by atoms with van der Waals surface area (Å²) in [4.78, 5) is 8.30. The molecule has 9 heteroatoms. The molecule has 134 valence electrons. The van der Waals surface area contributed by atoms with Crippen molar-refractivity contribution in [3.63, 3.8) is 0 Å². The standard InChI is InChI=1S/C16H19FN4O4/c1-3-6-18-11-10-5-7-21(12(10)20-9-19-11)14-15(24,4-2)13(23)16(17,8-22)25-14/h2,5,7,9,13-14,22-24H,3,6,8H2,1H3,(H,18,19,20)/t13-,14+,15+,16+/m0/s1. The summed E-state index contributed by atoms with van der Waals surface area (Å²) in [7, 11) is 0. The van der Waals surface area contributed by atoms with Gasteiger partial charge in [-0.3, -0.25) is 0 Å². The third kappa shape index (κ3) is 2.54. The van der Waals surface area contributed by atoms with Crippen LogP contribution in [0.1, 0.15) is 19.6 Å². The number of halogens is 1. The van der Waals surface area contributed by atoms with Crippen LogP contribution < -0.4 is 5.32 Å². The molecule has 2 aromatic heterocycles. The first kappa shape index (κ1) is 17.6. The predicted molar refractivity (Wildman–Crippen MR) is 87.1 cm³/mol. The summed E-state index contributed by atoms with van der Waals surface area (Å²) in [6.07, 6.45) is 5.42. The van der Waals surface area contributed by atoms with Gasteiger partial charge in [-0.15, -0.1) is 6.42 Å². The smallest absolute Gasteiger partial charge is 0.264 e. The number of hydrogen-bond donors (Lipinski definition) is 4. The van der Waals surface area contributed by atoms with Gasteiger partial charge < -0.3 is 29.9 Å². The number of ether oxygens (including phenoxy) is 1. The normalized spacial score (nSPS) is 32.0. The van der Waals surface area contributed by atoms with Crippen LogP contribution in [0.25, 0.3) is 11.0 Å². The zero-order chi connectivity index (χ0) is 18.2. The Labute approximate surface area is 143 Å². The van der Waals surface area contributed by atoms with Crippen molar-refractivity contribution in [3.05, 3.63) is 18.6 Å². The van der Waals surface area contributed by atoms with Crippen LogP contribution in [0, 0.1) is 12.3 Å². The molecule has 0 bridgehead atoms. The fourth-order valence-corrected chi connectivity index (χ4v) is 2.89. The first-order chi connectivity index (χ1) is 11.9. The molecule has 4 atom stereocenters. The van der Waals surface area contributed by atoms with E-state index in [1.165, 1.54) is 17.1 Å². The van der Waals surface area contributed by atoms with Crippen LogP contribution in [-0.2, 0) is 4.74 Å². The van der Waals surface area contributed by atoms with Crippen molar-refractivity contribution in [3.8, 4) is 12.3 Å². The van der Waals surface area contributed by atoms with Crippen LogP contribution in [-0.4, -0.2) is 60.6 Å². The van der Waals surface area contributed by atoms with Gasteiger partial charge in [0.15, 0.2) is 12.3 Å². The molecule has 0 unspecified atom stereocenters. The molecular weight excluding hydrogens is 331 g/mol. The zero-order valence-electron chi connectivity index (χ0n) is 13.6. The third-order valence-electron chi connectivity index (χ3n) is 4.26. The van der Waals surface area contributed by atoms with E-state index in [1.807, 2.05) is 12.8 Å². The van der Waals surface area contributed by atoms with Crippen LogP contribution in [0.4, 0.5) is 10.2 Å². The number of terminal acetylenes is 1. The Morgan fingerprint density at radius 2 is 2.28 bits per heavy atom. The molecule has 0 saturated carbocycles. The highest BCUT2D eigenvalue weighted by molar-refractivity contribution is 5.87. The van der Waals surface area contributed by atoms with Gasteiger partial charge in [-0.05, 0) is 12.5 Å². The Kier molecular flexibility index (Phi) is 4.38. The first-order valence-corrected chi connectivity index (χ1v) is 7.82. The molecule has 1 fully saturated rings. The van der Waals surface area contributed by atoms with Crippen molar-refractivity contribution >= 4 is 16.9 Å². The number of alkyl halides is 1. The van der Waals surface area contributed by atoms with E-state index in [9.17, 15) is 19.7 Å². The lowest BCUT2D eigenvalue weighted by atomic mass is 9.94. The lowest BCUT2D eigenvalue weighted by Crippen LogP contribution is -2.49. The second-order valence-corrected chi connectivity index (χ2v) is 5.90. The largest absolute Gasteiger partial charge is 0.390 e. The van der Waals surface area contributed by atoms with Gasteiger partial charge in [-0.25, -0.2) is 14.4 Å². The van der Waals surface area contributed by atoms with E-state index in [0.717, 1.165) is 6.42 Å². The van der Waals surface area contributed by atoms with Crippen molar-refractivity contribution in [1.82, 2.24) is 14.5 Å². The van der Waals surface area contributed by atoms with Gasteiger partial charge in [-0.1, -0.05) is 12.8 Å². The van der Waals surface area contributed by atoms with Gasteiger partial charge in [0.1, 0.15) is 24.4 Å². The van der Waals surface area contributed by atoms with Crippen LogP contribution in [0.15, 0.2) is 18.6 Å². The number of fused-ring (bicyclic) bond motifs is 1. The molecule has 1 aliphatic heterocycles. The maximum absolute atomic E-state index is 14.6. The fraction of sp³-hybridized carbons (Fsp3) is 0.500. The Balaban J connectivity index is 2.09. The molecule has 0 amide bonds. The van der Waals surface area contributed by atoms with E-state index in [-0.39, 0.29) is 0 Å². The number of nitrogens with one attached hydrogen (secondary N) is 1. The molecular formula is C16H19FN4O4. The van der Waals surface area contributed by atoms with Gasteiger partial charge in [0.2, 0.25) is 5.60 Å². The van der Waals surface area contributed by atoms with E-state index in [2.05, 4.69) is 15.3 Å². The second-order valence-electron chi connectivity index (χ2n) is 5.90. The summed E-state index contributed by atoms with van der Waals surface area (Å²) in [5.41, 5.74) is -2.05. The molecule has 0 aliphatic carbocycles. The highest BCUT2D eigenvalue weighted by Crippen LogP contribution is 2.46. The monoisotopic (exact) mass is 350 g/mol. The fourth-order valence-electron chi connectivity index (χ4n) is 2.89. The Bertz CT molecular complexity index is 822. The molecule has 1 saturated heterocycles. The van der Waals surface area contributed by atoms with Crippen molar-refractivity contribution in [1.29, 1.82) is 0 Å². The van der Waals surface area contributed by atoms with Gasteiger partial charge in [-0.2, -0.15) is 0 Å². The zero-order valence-corrected chi connectivity index (χ0v) is 13.6. The lowest BCUT2D eigenvalue weighted by molar-refractivity contribution is -0.206. The van der Waals surface area contributed by atoms with Gasteiger partial charge in [0, 0.05) is 12.7 Å². The van der Waals surface area contributed by atoms with E-state index in [4.69, 9.17) is 11.2 Å². The molecule has 3 rings (SSSR count). The second kappa shape index (κ2) is 6.24. The van der Waals surface area contributed by atoms with Crippen LogP contribution in [0.2, 0.25) is 0 Å². The first-order valence-electron chi connectivity index (χ1n) is 7.82. The highest BCUT2D eigenvalue weighted by Gasteiger charge is 2.64. The van der Waals surface area contributed by atoms with E-state index < -0.39 is 30.4 Å². The number of aliphatic hydroxyl groups is 3. The molecule has 0 aromatic carbocycles. The molecule has 25 heavy (non-hydrogen) atoms. The topological polar surface area (TPSA) is 113 Å². The molecule has 8 nitrogen and oxygen atoms in total. The molecule has 0 spiro atoms.